The highest BCUT2D eigenvalue weighted by molar-refractivity contribution is 5.79. The van der Waals surface area contributed by atoms with Gasteiger partial charge < -0.3 is 10.6 Å². The van der Waals surface area contributed by atoms with Crippen LogP contribution in [0.1, 0.15) is 29.5 Å². The van der Waals surface area contributed by atoms with Crippen LogP contribution in [0.15, 0.2) is 6.07 Å². The average molecular weight is 190 g/mol. The van der Waals surface area contributed by atoms with Crippen molar-refractivity contribution in [2.24, 2.45) is 0 Å². The first-order valence-corrected chi connectivity index (χ1v) is 5.13. The fourth-order valence-electron chi connectivity index (χ4n) is 2.63. The van der Waals surface area contributed by atoms with E-state index in [9.17, 15) is 0 Å². The molecule has 0 aromatic heterocycles. The van der Waals surface area contributed by atoms with E-state index in [4.69, 9.17) is 5.73 Å². The van der Waals surface area contributed by atoms with Gasteiger partial charge in [0.25, 0.3) is 0 Å². The molecule has 0 saturated heterocycles. The monoisotopic (exact) mass is 190 g/mol. The zero-order valence-electron chi connectivity index (χ0n) is 9.39. The number of rotatable bonds is 0. The summed E-state index contributed by atoms with van der Waals surface area (Å²) in [5.74, 6) is 0.609. The van der Waals surface area contributed by atoms with Gasteiger partial charge in [0.15, 0.2) is 0 Å². The molecule has 0 bridgehead atoms. The lowest BCUT2D eigenvalue weighted by Crippen LogP contribution is -2.15. The van der Waals surface area contributed by atoms with Crippen LogP contribution in [0.4, 0.5) is 11.4 Å². The summed E-state index contributed by atoms with van der Waals surface area (Å²) in [6, 6.07) is 2.20. The second-order valence-corrected chi connectivity index (χ2v) is 4.47. The fourth-order valence-corrected chi connectivity index (χ4v) is 2.63. The van der Waals surface area contributed by atoms with Crippen molar-refractivity contribution in [3.8, 4) is 0 Å². The number of nitrogens with zero attached hydrogens (tertiary/aromatic N) is 1. The Balaban J connectivity index is 2.72. The molecule has 1 unspecified atom stereocenters. The van der Waals surface area contributed by atoms with Gasteiger partial charge in [-0.05, 0) is 30.5 Å². The van der Waals surface area contributed by atoms with Crippen molar-refractivity contribution in [1.82, 2.24) is 0 Å². The van der Waals surface area contributed by atoms with Crippen LogP contribution in [0.25, 0.3) is 0 Å². The molecular formula is C12H18N2. The number of nitrogen functional groups attached to an aromatic ring is 1. The molecule has 0 amide bonds. The standard InChI is InChI=1S/C12H18N2/c1-7-5-8(2)11(13)12-10(7)9(3)6-14(12)4/h5,9H,6,13H2,1-4H3. The van der Waals surface area contributed by atoms with E-state index in [0.29, 0.717) is 5.92 Å². The molecule has 1 aliphatic heterocycles. The highest BCUT2D eigenvalue weighted by Crippen LogP contribution is 2.42. The molecule has 2 nitrogen and oxygen atoms in total. The second kappa shape index (κ2) is 2.91. The Labute approximate surface area is 85.7 Å². The molecule has 1 aliphatic rings. The summed E-state index contributed by atoms with van der Waals surface area (Å²) in [5, 5.41) is 0. The highest BCUT2D eigenvalue weighted by atomic mass is 15.1. The molecule has 2 N–H and O–H groups in total. The molecule has 14 heavy (non-hydrogen) atoms. The molecule has 1 atom stereocenters. The normalized spacial score (nSPS) is 20.0. The summed E-state index contributed by atoms with van der Waals surface area (Å²) in [6.07, 6.45) is 0. The summed E-state index contributed by atoms with van der Waals surface area (Å²) in [7, 11) is 2.12. The van der Waals surface area contributed by atoms with E-state index in [1.165, 1.54) is 22.4 Å². The maximum absolute atomic E-state index is 6.11. The quantitative estimate of drug-likeness (QED) is 0.637. The number of aryl methyl sites for hydroxylation is 2. The third-order valence-electron chi connectivity index (χ3n) is 3.22. The molecule has 1 aromatic rings. The lowest BCUT2D eigenvalue weighted by Gasteiger charge is -2.17. The SMILES string of the molecule is Cc1cc(C)c2c(c1N)N(C)CC2C. The number of fused-ring (bicyclic) bond motifs is 1. The first-order chi connectivity index (χ1) is 6.52. The average Bonchev–Trinajstić information content (AvgIpc) is 2.38. The topological polar surface area (TPSA) is 29.3 Å². The molecule has 1 heterocycles. The lowest BCUT2D eigenvalue weighted by atomic mass is 9.95. The van der Waals surface area contributed by atoms with Gasteiger partial charge in [-0.25, -0.2) is 0 Å². The van der Waals surface area contributed by atoms with Crippen molar-refractivity contribution < 1.29 is 0 Å². The Morgan fingerprint density at radius 2 is 2.00 bits per heavy atom. The second-order valence-electron chi connectivity index (χ2n) is 4.47. The van der Waals surface area contributed by atoms with Crippen molar-refractivity contribution in [1.29, 1.82) is 0 Å². The number of hydrogen-bond acceptors (Lipinski definition) is 2. The number of benzene rings is 1. The van der Waals surface area contributed by atoms with Gasteiger partial charge in [0.1, 0.15) is 0 Å². The van der Waals surface area contributed by atoms with Gasteiger partial charge in [0.2, 0.25) is 0 Å². The Bertz CT molecular complexity index is 382. The summed E-state index contributed by atoms with van der Waals surface area (Å²) in [6.45, 7) is 7.62. The zero-order chi connectivity index (χ0) is 10.5. The van der Waals surface area contributed by atoms with Crippen molar-refractivity contribution in [2.75, 3.05) is 24.2 Å². The molecule has 0 radical (unpaired) electrons. The Morgan fingerprint density at radius 3 is 2.64 bits per heavy atom. The summed E-state index contributed by atoms with van der Waals surface area (Å²) >= 11 is 0. The van der Waals surface area contributed by atoms with E-state index in [-0.39, 0.29) is 0 Å². The third kappa shape index (κ3) is 1.10. The van der Waals surface area contributed by atoms with E-state index in [1.807, 2.05) is 0 Å². The number of nitrogens with two attached hydrogens (primary N) is 1. The molecule has 2 rings (SSSR count). The fraction of sp³-hybridized carbons (Fsp3) is 0.500. The van der Waals surface area contributed by atoms with Gasteiger partial charge in [-0.15, -0.1) is 0 Å². The molecule has 2 heteroatoms. The van der Waals surface area contributed by atoms with E-state index in [2.05, 4.69) is 38.8 Å². The molecule has 76 valence electrons. The predicted octanol–water partition coefficient (Wildman–Crippen LogP) is 2.44. The van der Waals surface area contributed by atoms with E-state index >= 15 is 0 Å². The molecule has 1 aromatic carbocycles. The van der Waals surface area contributed by atoms with Crippen molar-refractivity contribution >= 4 is 11.4 Å². The zero-order valence-corrected chi connectivity index (χ0v) is 9.39. The number of likely N-dealkylation sites (N-methyl/N-ethyl adjacent to an activating group) is 1. The largest absolute Gasteiger partial charge is 0.397 e. The predicted molar refractivity (Wildman–Crippen MR) is 62.0 cm³/mol. The van der Waals surface area contributed by atoms with Crippen LogP contribution < -0.4 is 10.6 Å². The van der Waals surface area contributed by atoms with Crippen LogP contribution in [0, 0.1) is 13.8 Å². The molecule has 0 spiro atoms. The van der Waals surface area contributed by atoms with Crippen LogP contribution >= 0.6 is 0 Å². The Morgan fingerprint density at radius 1 is 1.36 bits per heavy atom. The molecule has 0 fully saturated rings. The van der Waals surface area contributed by atoms with Gasteiger partial charge in [0.05, 0.1) is 11.4 Å². The summed E-state index contributed by atoms with van der Waals surface area (Å²) in [5.41, 5.74) is 12.3. The van der Waals surface area contributed by atoms with Crippen LogP contribution in [0.3, 0.4) is 0 Å². The van der Waals surface area contributed by atoms with Crippen molar-refractivity contribution in [3.05, 3.63) is 22.8 Å². The summed E-state index contributed by atoms with van der Waals surface area (Å²) in [4.78, 5) is 2.27. The third-order valence-corrected chi connectivity index (χ3v) is 3.22. The van der Waals surface area contributed by atoms with Gasteiger partial charge in [0, 0.05) is 19.5 Å². The maximum Gasteiger partial charge on any atom is 0.0638 e. The van der Waals surface area contributed by atoms with Crippen LogP contribution in [-0.4, -0.2) is 13.6 Å². The maximum atomic E-state index is 6.11. The van der Waals surface area contributed by atoms with Gasteiger partial charge in [-0.2, -0.15) is 0 Å². The van der Waals surface area contributed by atoms with Gasteiger partial charge in [-0.1, -0.05) is 13.0 Å². The Hall–Kier alpha value is -1.18. The van der Waals surface area contributed by atoms with E-state index in [1.54, 1.807) is 0 Å². The minimum atomic E-state index is 0.609. The van der Waals surface area contributed by atoms with Gasteiger partial charge >= 0.3 is 0 Å². The van der Waals surface area contributed by atoms with E-state index in [0.717, 1.165) is 12.2 Å². The minimum Gasteiger partial charge on any atom is -0.397 e. The van der Waals surface area contributed by atoms with E-state index < -0.39 is 0 Å². The van der Waals surface area contributed by atoms with Crippen LogP contribution in [-0.2, 0) is 0 Å². The van der Waals surface area contributed by atoms with Gasteiger partial charge in [-0.3, -0.25) is 0 Å². The van der Waals surface area contributed by atoms with Crippen molar-refractivity contribution in [3.63, 3.8) is 0 Å². The highest BCUT2D eigenvalue weighted by Gasteiger charge is 2.27. The molecular weight excluding hydrogens is 172 g/mol. The smallest absolute Gasteiger partial charge is 0.0638 e. The number of hydrogen-bond donors (Lipinski definition) is 1. The number of anilines is 2. The first-order valence-electron chi connectivity index (χ1n) is 5.13. The molecule has 0 aliphatic carbocycles. The lowest BCUT2D eigenvalue weighted by molar-refractivity contribution is 0.792. The van der Waals surface area contributed by atoms with Crippen LogP contribution in [0.5, 0.6) is 0 Å². The summed E-state index contributed by atoms with van der Waals surface area (Å²) < 4.78 is 0. The Kier molecular flexibility index (Phi) is 1.95. The van der Waals surface area contributed by atoms with Crippen molar-refractivity contribution in [2.45, 2.75) is 26.7 Å². The first kappa shape index (κ1) is 9.38. The molecule has 0 saturated carbocycles. The van der Waals surface area contributed by atoms with Crippen LogP contribution in [0.2, 0.25) is 0 Å². The minimum absolute atomic E-state index is 0.609.